The predicted molar refractivity (Wildman–Crippen MR) is 123 cm³/mol. The number of hydrogen-bond acceptors (Lipinski definition) is 4. The molecule has 1 saturated heterocycles. The van der Waals surface area contributed by atoms with Crippen LogP contribution in [0.15, 0.2) is 53.4 Å². The molecule has 0 spiro atoms. The number of carbonyl (C=O) groups is 2. The fourth-order valence-corrected chi connectivity index (χ4v) is 6.18. The summed E-state index contributed by atoms with van der Waals surface area (Å²) in [6.45, 7) is 2.78. The lowest BCUT2D eigenvalue weighted by molar-refractivity contribution is -0.124. The number of benzene rings is 2. The number of piperidine rings is 1. The Kier molecular flexibility index (Phi) is 6.62. The van der Waals surface area contributed by atoms with Crippen molar-refractivity contribution in [2.75, 3.05) is 18.0 Å². The maximum atomic E-state index is 13.2. The Labute approximate surface area is 189 Å². The molecular weight excluding hydrogens is 426 g/mol. The summed E-state index contributed by atoms with van der Waals surface area (Å²) < 4.78 is 28.0. The maximum Gasteiger partial charge on any atom is 0.243 e. The number of hydrogen-bond donors (Lipinski definition) is 1. The quantitative estimate of drug-likeness (QED) is 0.726. The van der Waals surface area contributed by atoms with Crippen LogP contribution in [-0.4, -0.2) is 43.7 Å². The van der Waals surface area contributed by atoms with Gasteiger partial charge in [0.05, 0.1) is 4.90 Å². The van der Waals surface area contributed by atoms with E-state index < -0.39 is 10.0 Å². The van der Waals surface area contributed by atoms with E-state index in [1.165, 1.54) is 4.90 Å². The van der Waals surface area contributed by atoms with Gasteiger partial charge < -0.3 is 10.2 Å². The van der Waals surface area contributed by atoms with Gasteiger partial charge in [-0.15, -0.1) is 0 Å². The number of carbonyl (C=O) groups excluding carboxylic acids is 2. The topological polar surface area (TPSA) is 86.8 Å². The van der Waals surface area contributed by atoms with Crippen molar-refractivity contribution in [1.82, 2.24) is 9.62 Å². The van der Waals surface area contributed by atoms with Crippen LogP contribution in [0.25, 0.3) is 0 Å². The van der Waals surface area contributed by atoms with Gasteiger partial charge >= 0.3 is 0 Å². The summed E-state index contributed by atoms with van der Waals surface area (Å²) in [5.74, 6) is -0.387. The van der Waals surface area contributed by atoms with Gasteiger partial charge in [0.15, 0.2) is 0 Å². The molecule has 0 bridgehead atoms. The normalized spacial score (nSPS) is 19.5. The van der Waals surface area contributed by atoms with Crippen LogP contribution in [0.1, 0.15) is 43.7 Å². The molecule has 170 valence electrons. The molecule has 2 amide bonds. The summed E-state index contributed by atoms with van der Waals surface area (Å²) in [5, 5.41) is 2.85. The highest BCUT2D eigenvalue weighted by Gasteiger charge is 2.33. The summed E-state index contributed by atoms with van der Waals surface area (Å²) in [6, 6.07) is 14.4. The largest absolute Gasteiger partial charge is 0.350 e. The second-order valence-corrected chi connectivity index (χ2v) is 10.4. The van der Waals surface area contributed by atoms with E-state index in [0.29, 0.717) is 25.2 Å². The van der Waals surface area contributed by atoms with E-state index in [4.69, 9.17) is 0 Å². The summed E-state index contributed by atoms with van der Waals surface area (Å²) in [6.07, 6.45) is 3.50. The molecule has 0 radical (unpaired) electrons. The van der Waals surface area contributed by atoms with Gasteiger partial charge in [0.25, 0.3) is 0 Å². The molecule has 1 unspecified atom stereocenters. The van der Waals surface area contributed by atoms with E-state index in [1.54, 1.807) is 22.5 Å². The molecule has 1 N–H and O–H groups in total. The Bertz CT molecular complexity index is 1100. The first-order chi connectivity index (χ1) is 15.4. The van der Waals surface area contributed by atoms with Gasteiger partial charge in [0.1, 0.15) is 6.54 Å². The molecular formula is C24H29N3O4S. The third kappa shape index (κ3) is 4.71. The standard InChI is InChI=1S/C24H29N3O4S/c1-18-7-5-6-14-27(18)32(30,31)21-11-12-22-20(15-21)10-13-24(29)26(22)17-23(28)25-16-19-8-3-2-4-9-19/h2-4,8-9,11-12,15,18H,5-7,10,13-14,16-17H2,1H3,(H,25,28). The maximum absolute atomic E-state index is 13.2. The molecule has 4 rings (SSSR count). The first-order valence-electron chi connectivity index (χ1n) is 11.1. The van der Waals surface area contributed by atoms with Crippen molar-refractivity contribution in [2.24, 2.45) is 0 Å². The van der Waals surface area contributed by atoms with Crippen LogP contribution in [0.2, 0.25) is 0 Å². The Morgan fingerprint density at radius 2 is 1.88 bits per heavy atom. The number of nitrogens with zero attached hydrogens (tertiary/aromatic N) is 2. The lowest BCUT2D eigenvalue weighted by atomic mass is 10.0. The summed E-state index contributed by atoms with van der Waals surface area (Å²) in [5.41, 5.74) is 2.38. The zero-order chi connectivity index (χ0) is 22.7. The highest BCUT2D eigenvalue weighted by atomic mass is 32.2. The fourth-order valence-electron chi connectivity index (χ4n) is 4.43. The second kappa shape index (κ2) is 9.42. The molecule has 2 aliphatic rings. The van der Waals surface area contributed by atoms with Gasteiger partial charge in [0.2, 0.25) is 21.8 Å². The average molecular weight is 456 g/mol. The highest BCUT2D eigenvalue weighted by Crippen LogP contribution is 2.32. The third-order valence-electron chi connectivity index (χ3n) is 6.23. The van der Waals surface area contributed by atoms with E-state index in [1.807, 2.05) is 37.3 Å². The van der Waals surface area contributed by atoms with Crippen LogP contribution in [0.3, 0.4) is 0 Å². The summed E-state index contributed by atoms with van der Waals surface area (Å²) >= 11 is 0. The van der Waals surface area contributed by atoms with Gasteiger partial charge in [-0.1, -0.05) is 36.8 Å². The molecule has 32 heavy (non-hydrogen) atoms. The smallest absolute Gasteiger partial charge is 0.243 e. The molecule has 0 saturated carbocycles. The van der Waals surface area contributed by atoms with E-state index in [-0.39, 0.29) is 35.7 Å². The van der Waals surface area contributed by atoms with Crippen molar-refractivity contribution in [2.45, 2.75) is 56.5 Å². The first-order valence-corrected chi connectivity index (χ1v) is 12.6. The van der Waals surface area contributed by atoms with Gasteiger partial charge in [-0.3, -0.25) is 9.59 Å². The molecule has 2 heterocycles. The monoisotopic (exact) mass is 455 g/mol. The number of amides is 2. The SMILES string of the molecule is CC1CCCCN1S(=O)(=O)c1ccc2c(c1)CCC(=O)N2CC(=O)NCc1ccccc1. The Morgan fingerprint density at radius 1 is 1.09 bits per heavy atom. The van der Waals surface area contributed by atoms with Gasteiger partial charge in [-0.25, -0.2) is 8.42 Å². The predicted octanol–water partition coefficient (Wildman–Crippen LogP) is 2.85. The highest BCUT2D eigenvalue weighted by molar-refractivity contribution is 7.89. The Balaban J connectivity index is 1.50. The number of rotatable bonds is 6. The summed E-state index contributed by atoms with van der Waals surface area (Å²) in [7, 11) is -3.59. The van der Waals surface area contributed by atoms with E-state index in [9.17, 15) is 18.0 Å². The van der Waals surface area contributed by atoms with Crippen molar-refractivity contribution >= 4 is 27.5 Å². The number of aryl methyl sites for hydroxylation is 1. The van der Waals surface area contributed by atoms with Gasteiger partial charge in [-0.2, -0.15) is 4.31 Å². The molecule has 1 atom stereocenters. The molecule has 2 aromatic carbocycles. The zero-order valence-electron chi connectivity index (χ0n) is 18.3. The Hall–Kier alpha value is -2.71. The van der Waals surface area contributed by atoms with Crippen LogP contribution in [0.4, 0.5) is 5.69 Å². The minimum atomic E-state index is -3.59. The molecule has 1 fully saturated rings. The van der Waals surface area contributed by atoms with Crippen molar-refractivity contribution in [3.05, 3.63) is 59.7 Å². The lowest BCUT2D eigenvalue weighted by Gasteiger charge is -2.33. The fraction of sp³-hybridized carbons (Fsp3) is 0.417. The third-order valence-corrected chi connectivity index (χ3v) is 8.24. The van der Waals surface area contributed by atoms with Crippen molar-refractivity contribution in [3.63, 3.8) is 0 Å². The van der Waals surface area contributed by atoms with E-state index in [2.05, 4.69) is 5.32 Å². The van der Waals surface area contributed by atoms with Gasteiger partial charge in [-0.05, 0) is 55.5 Å². The number of anilines is 1. The van der Waals surface area contributed by atoms with Crippen molar-refractivity contribution in [1.29, 1.82) is 0 Å². The molecule has 2 aliphatic heterocycles. The van der Waals surface area contributed by atoms with Crippen LogP contribution < -0.4 is 10.2 Å². The molecule has 0 aromatic heterocycles. The molecule has 2 aromatic rings. The minimum absolute atomic E-state index is 0.0174. The first kappa shape index (κ1) is 22.5. The number of sulfonamides is 1. The zero-order valence-corrected chi connectivity index (χ0v) is 19.1. The minimum Gasteiger partial charge on any atom is -0.350 e. The van der Waals surface area contributed by atoms with Crippen LogP contribution in [-0.2, 0) is 32.6 Å². The molecule has 8 heteroatoms. The van der Waals surface area contributed by atoms with Crippen molar-refractivity contribution in [3.8, 4) is 0 Å². The van der Waals surface area contributed by atoms with Crippen LogP contribution in [0, 0.1) is 0 Å². The average Bonchev–Trinajstić information content (AvgIpc) is 2.80. The van der Waals surface area contributed by atoms with E-state index >= 15 is 0 Å². The second-order valence-electron chi connectivity index (χ2n) is 8.49. The molecule has 7 nitrogen and oxygen atoms in total. The summed E-state index contributed by atoms with van der Waals surface area (Å²) in [4.78, 5) is 26.8. The number of fused-ring (bicyclic) bond motifs is 1. The number of nitrogens with one attached hydrogen (secondary N) is 1. The van der Waals surface area contributed by atoms with E-state index in [0.717, 1.165) is 30.4 Å². The van der Waals surface area contributed by atoms with Crippen LogP contribution in [0.5, 0.6) is 0 Å². The molecule has 0 aliphatic carbocycles. The van der Waals surface area contributed by atoms with Crippen LogP contribution >= 0.6 is 0 Å². The van der Waals surface area contributed by atoms with Crippen molar-refractivity contribution < 1.29 is 18.0 Å². The lowest BCUT2D eigenvalue weighted by Crippen LogP contribution is -2.43. The Morgan fingerprint density at radius 3 is 2.62 bits per heavy atom. The van der Waals surface area contributed by atoms with Gasteiger partial charge in [0, 0.05) is 31.2 Å².